The molecule has 1 unspecified atom stereocenters. The third-order valence-electron chi connectivity index (χ3n) is 5.72. The van der Waals surface area contributed by atoms with Crippen molar-refractivity contribution in [2.45, 2.75) is 26.7 Å². The van der Waals surface area contributed by atoms with E-state index in [1.165, 1.54) is 25.0 Å². The molecule has 9 heteroatoms. The summed E-state index contributed by atoms with van der Waals surface area (Å²) in [6.45, 7) is 16.1. The van der Waals surface area contributed by atoms with Crippen molar-refractivity contribution in [3.8, 4) is 5.75 Å². The van der Waals surface area contributed by atoms with Crippen molar-refractivity contribution < 1.29 is 19.4 Å². The highest BCUT2D eigenvalue weighted by Gasteiger charge is 2.41. The van der Waals surface area contributed by atoms with Gasteiger partial charge in [0.05, 0.1) is 25.3 Å². The van der Waals surface area contributed by atoms with Crippen molar-refractivity contribution in [2.75, 3.05) is 12.0 Å². The topological polar surface area (TPSA) is 74.4 Å². The number of carbonyl (C=O) groups is 2. The molecular weight excluding hydrogens is 489 g/mol. The summed E-state index contributed by atoms with van der Waals surface area (Å²) >= 11 is 12.6. The number of para-hydroxylation sites is 2. The molecule has 1 aliphatic rings. The van der Waals surface area contributed by atoms with E-state index in [0.29, 0.717) is 27.7 Å². The first-order valence-corrected chi connectivity index (χ1v) is 11.2. The lowest BCUT2D eigenvalue weighted by Crippen LogP contribution is -2.39. The van der Waals surface area contributed by atoms with Crippen LogP contribution in [0.25, 0.3) is 4.85 Å². The SMILES string of the molecule is [C-]#[N+]C1=C(C)N(C(C)=O)C(C)=C(C(=O)N(C(=C)O)c2ccccc2OC)C1c1ccc(Cl)cc1Cl. The molecule has 35 heavy (non-hydrogen) atoms. The molecule has 180 valence electrons. The van der Waals surface area contributed by atoms with Crippen LogP contribution < -0.4 is 9.64 Å². The number of methoxy groups -OCH3 is 1. The molecule has 1 heterocycles. The number of carbonyl (C=O) groups excluding carboxylic acids is 2. The first kappa shape index (κ1) is 25.9. The van der Waals surface area contributed by atoms with Crippen LogP contribution in [-0.2, 0) is 9.59 Å². The lowest BCUT2D eigenvalue weighted by atomic mass is 9.82. The van der Waals surface area contributed by atoms with E-state index in [0.717, 1.165) is 4.90 Å². The van der Waals surface area contributed by atoms with Crippen LogP contribution >= 0.6 is 23.2 Å². The second kappa shape index (κ2) is 10.3. The molecule has 1 N–H and O–H groups in total. The fraction of sp³-hybridized carbons (Fsp3) is 0.192. The van der Waals surface area contributed by atoms with Crippen molar-refractivity contribution in [2.24, 2.45) is 0 Å². The summed E-state index contributed by atoms with van der Waals surface area (Å²) in [7, 11) is 1.43. The van der Waals surface area contributed by atoms with Crippen molar-refractivity contribution in [1.29, 1.82) is 0 Å². The molecule has 1 atom stereocenters. The summed E-state index contributed by atoms with van der Waals surface area (Å²) in [5.41, 5.74) is 1.58. The van der Waals surface area contributed by atoms with E-state index < -0.39 is 17.7 Å². The zero-order valence-corrected chi connectivity index (χ0v) is 21.1. The minimum atomic E-state index is -0.933. The van der Waals surface area contributed by atoms with Crippen LogP contribution in [0, 0.1) is 6.57 Å². The summed E-state index contributed by atoms with van der Waals surface area (Å²) in [5, 5.41) is 11.1. The Hall–Kier alpha value is -3.73. The summed E-state index contributed by atoms with van der Waals surface area (Å²) in [6, 6.07) is 11.4. The normalized spacial score (nSPS) is 15.6. The van der Waals surface area contributed by atoms with E-state index in [1.54, 1.807) is 50.2 Å². The average molecular weight is 512 g/mol. The lowest BCUT2D eigenvalue weighted by molar-refractivity contribution is -0.125. The van der Waals surface area contributed by atoms with Gasteiger partial charge in [-0.2, -0.15) is 0 Å². The van der Waals surface area contributed by atoms with Gasteiger partial charge in [0.2, 0.25) is 5.91 Å². The molecule has 1 aliphatic heterocycles. The van der Waals surface area contributed by atoms with Gasteiger partial charge >= 0.3 is 0 Å². The average Bonchev–Trinajstić information content (AvgIpc) is 2.78. The Bertz CT molecular complexity index is 1340. The fourth-order valence-corrected chi connectivity index (χ4v) is 4.79. The van der Waals surface area contributed by atoms with E-state index in [-0.39, 0.29) is 27.9 Å². The lowest BCUT2D eigenvalue weighted by Gasteiger charge is -2.37. The van der Waals surface area contributed by atoms with Gasteiger partial charge in [0.25, 0.3) is 5.91 Å². The van der Waals surface area contributed by atoms with E-state index in [1.807, 2.05) is 0 Å². The van der Waals surface area contributed by atoms with Crippen molar-refractivity contribution in [1.82, 2.24) is 4.90 Å². The van der Waals surface area contributed by atoms with Crippen LogP contribution in [0.15, 0.2) is 77.6 Å². The maximum Gasteiger partial charge on any atom is 0.262 e. The van der Waals surface area contributed by atoms with Crippen molar-refractivity contribution in [3.63, 3.8) is 0 Å². The highest BCUT2D eigenvalue weighted by Crippen LogP contribution is 2.46. The van der Waals surface area contributed by atoms with Gasteiger partial charge in [-0.15, -0.1) is 0 Å². The zero-order chi connectivity index (χ0) is 26.0. The Kier molecular flexibility index (Phi) is 7.59. The minimum absolute atomic E-state index is 0.0714. The van der Waals surface area contributed by atoms with Gasteiger partial charge in [-0.05, 0) is 50.3 Å². The first-order valence-electron chi connectivity index (χ1n) is 10.4. The minimum Gasteiger partial charge on any atom is -0.495 e. The molecule has 0 aliphatic carbocycles. The molecule has 3 rings (SSSR count). The molecule has 0 spiro atoms. The summed E-state index contributed by atoms with van der Waals surface area (Å²) in [4.78, 5) is 32.7. The molecule has 7 nitrogen and oxygen atoms in total. The van der Waals surface area contributed by atoms with Gasteiger partial charge in [-0.1, -0.05) is 41.4 Å². The third kappa shape index (κ3) is 4.63. The van der Waals surface area contributed by atoms with Crippen LogP contribution in [-0.4, -0.2) is 28.9 Å². The van der Waals surface area contributed by atoms with E-state index in [2.05, 4.69) is 11.4 Å². The summed E-state index contributed by atoms with van der Waals surface area (Å²) < 4.78 is 5.38. The number of nitrogens with zero attached hydrogens (tertiary/aromatic N) is 3. The third-order valence-corrected chi connectivity index (χ3v) is 6.28. The van der Waals surface area contributed by atoms with Crippen LogP contribution in [0.5, 0.6) is 5.75 Å². The zero-order valence-electron chi connectivity index (χ0n) is 19.6. The molecule has 2 aromatic carbocycles. The number of hydrogen-bond donors (Lipinski definition) is 1. The monoisotopic (exact) mass is 511 g/mol. The standard InChI is InChI=1S/C26H23Cl2N3O4/c1-14-23(26(34)31(17(4)33)21-9-7-8-10-22(21)35-6)24(19-12-11-18(27)13-20(19)28)25(29-5)15(2)30(14)16(3)32/h7-13,24,33H,4H2,1-3,6H3. The highest BCUT2D eigenvalue weighted by atomic mass is 35.5. The quantitative estimate of drug-likeness (QED) is 0.370. The number of allylic oxidation sites excluding steroid dienone is 3. The number of aliphatic hydroxyl groups excluding tert-OH is 1. The predicted octanol–water partition coefficient (Wildman–Crippen LogP) is 6.43. The Morgan fingerprint density at radius 2 is 1.83 bits per heavy atom. The molecule has 0 fully saturated rings. The van der Waals surface area contributed by atoms with Crippen LogP contribution in [0.2, 0.25) is 10.0 Å². The van der Waals surface area contributed by atoms with E-state index >= 15 is 0 Å². The van der Waals surface area contributed by atoms with Gasteiger partial charge in [0, 0.05) is 33.9 Å². The molecular formula is C26H23Cl2N3O4. The number of aliphatic hydroxyl groups is 1. The van der Waals surface area contributed by atoms with Crippen LogP contribution in [0.1, 0.15) is 32.3 Å². The maximum atomic E-state index is 14.2. The Morgan fingerprint density at radius 1 is 1.17 bits per heavy atom. The molecule has 0 saturated carbocycles. The van der Waals surface area contributed by atoms with E-state index in [4.69, 9.17) is 34.5 Å². The van der Waals surface area contributed by atoms with Gasteiger partial charge < -0.3 is 9.84 Å². The number of halogens is 2. The van der Waals surface area contributed by atoms with Crippen molar-refractivity contribution >= 4 is 40.7 Å². The predicted molar refractivity (Wildman–Crippen MR) is 136 cm³/mol. The molecule has 2 aromatic rings. The number of benzene rings is 2. The smallest absolute Gasteiger partial charge is 0.262 e. The molecule has 0 radical (unpaired) electrons. The second-order valence-corrected chi connectivity index (χ2v) is 8.61. The fourth-order valence-electron chi connectivity index (χ4n) is 4.28. The Balaban J connectivity index is 2.36. The second-order valence-electron chi connectivity index (χ2n) is 7.76. The molecule has 0 aromatic heterocycles. The first-order chi connectivity index (χ1) is 16.5. The number of anilines is 1. The van der Waals surface area contributed by atoms with Crippen LogP contribution in [0.4, 0.5) is 5.69 Å². The van der Waals surface area contributed by atoms with Crippen molar-refractivity contribution in [3.05, 3.63) is 105 Å². The molecule has 0 saturated heterocycles. The van der Waals surface area contributed by atoms with Crippen LogP contribution in [0.3, 0.4) is 0 Å². The number of ether oxygens (including phenoxy) is 1. The number of hydrogen-bond acceptors (Lipinski definition) is 4. The van der Waals surface area contributed by atoms with Gasteiger partial charge in [0.1, 0.15) is 5.75 Å². The maximum absolute atomic E-state index is 14.2. The van der Waals surface area contributed by atoms with Gasteiger partial charge in [0.15, 0.2) is 11.6 Å². The molecule has 2 amide bonds. The summed E-state index contributed by atoms with van der Waals surface area (Å²) in [5.74, 6) is -2.26. The van der Waals surface area contributed by atoms with Gasteiger partial charge in [-0.3, -0.25) is 14.5 Å². The Labute approximate surface area is 213 Å². The Morgan fingerprint density at radius 3 is 2.37 bits per heavy atom. The van der Waals surface area contributed by atoms with E-state index in [9.17, 15) is 14.7 Å². The summed E-state index contributed by atoms with van der Waals surface area (Å²) in [6.07, 6.45) is 0. The number of rotatable bonds is 5. The highest BCUT2D eigenvalue weighted by molar-refractivity contribution is 6.35. The number of amides is 2. The largest absolute Gasteiger partial charge is 0.495 e. The molecule has 0 bridgehead atoms. The van der Waals surface area contributed by atoms with Gasteiger partial charge in [-0.25, -0.2) is 9.74 Å².